The molecule has 1 aromatic heterocycles. The Morgan fingerprint density at radius 3 is 2.81 bits per heavy atom. The number of aliphatic hydroxyl groups is 1. The van der Waals surface area contributed by atoms with E-state index in [9.17, 15) is 13.5 Å². The second-order valence-electron chi connectivity index (χ2n) is 4.22. The lowest BCUT2D eigenvalue weighted by Gasteiger charge is -2.13. The SMILES string of the molecule is COc1ccc(Cl)cc1S(=O)(=O)NC[C@@H](O)c1ccoc1. The fraction of sp³-hybridized carbons (Fsp3) is 0.231. The summed E-state index contributed by atoms with van der Waals surface area (Å²) in [7, 11) is -2.50. The highest BCUT2D eigenvalue weighted by molar-refractivity contribution is 7.89. The number of halogens is 1. The Morgan fingerprint density at radius 1 is 1.43 bits per heavy atom. The van der Waals surface area contributed by atoms with Crippen LogP contribution in [0.5, 0.6) is 5.75 Å². The van der Waals surface area contributed by atoms with Crippen molar-refractivity contribution in [3.63, 3.8) is 0 Å². The third kappa shape index (κ3) is 3.76. The minimum Gasteiger partial charge on any atom is -0.495 e. The van der Waals surface area contributed by atoms with Crippen molar-refractivity contribution in [1.82, 2.24) is 4.72 Å². The molecule has 0 saturated carbocycles. The molecule has 0 radical (unpaired) electrons. The Hall–Kier alpha value is -1.54. The number of benzene rings is 1. The van der Waals surface area contributed by atoms with Gasteiger partial charge in [-0.15, -0.1) is 0 Å². The molecule has 1 heterocycles. The molecule has 6 nitrogen and oxygen atoms in total. The van der Waals surface area contributed by atoms with E-state index < -0.39 is 16.1 Å². The summed E-state index contributed by atoms with van der Waals surface area (Å²) < 4.78 is 36.7. The van der Waals surface area contributed by atoms with E-state index in [1.807, 2.05) is 0 Å². The fourth-order valence-electron chi connectivity index (χ4n) is 1.71. The molecule has 1 aromatic carbocycles. The van der Waals surface area contributed by atoms with Crippen LogP contribution < -0.4 is 9.46 Å². The van der Waals surface area contributed by atoms with Crippen LogP contribution in [0.1, 0.15) is 11.7 Å². The molecule has 8 heteroatoms. The van der Waals surface area contributed by atoms with Crippen molar-refractivity contribution in [2.24, 2.45) is 0 Å². The normalized spacial score (nSPS) is 13.1. The molecule has 0 aliphatic heterocycles. The van der Waals surface area contributed by atoms with Crippen molar-refractivity contribution in [2.75, 3.05) is 13.7 Å². The van der Waals surface area contributed by atoms with E-state index in [1.54, 1.807) is 6.07 Å². The van der Waals surface area contributed by atoms with Crippen LogP contribution in [-0.2, 0) is 10.0 Å². The van der Waals surface area contributed by atoms with Gasteiger partial charge in [0.15, 0.2) is 0 Å². The molecule has 0 saturated heterocycles. The van der Waals surface area contributed by atoms with Gasteiger partial charge in [-0.05, 0) is 24.3 Å². The molecule has 2 N–H and O–H groups in total. The molecule has 1 atom stereocenters. The van der Waals surface area contributed by atoms with Gasteiger partial charge in [-0.25, -0.2) is 13.1 Å². The minimum absolute atomic E-state index is 0.0862. The van der Waals surface area contributed by atoms with Gasteiger partial charge in [-0.3, -0.25) is 0 Å². The van der Waals surface area contributed by atoms with Crippen molar-refractivity contribution in [3.05, 3.63) is 47.4 Å². The van der Waals surface area contributed by atoms with E-state index in [0.717, 1.165) is 0 Å². The average Bonchev–Trinajstić information content (AvgIpc) is 2.99. The number of furan rings is 1. The van der Waals surface area contributed by atoms with Crippen LogP contribution in [-0.4, -0.2) is 27.2 Å². The van der Waals surface area contributed by atoms with Crippen LogP contribution in [0.2, 0.25) is 5.02 Å². The van der Waals surface area contributed by atoms with Crippen LogP contribution in [0.25, 0.3) is 0 Å². The van der Waals surface area contributed by atoms with Crippen LogP contribution in [0, 0.1) is 0 Å². The summed E-state index contributed by atoms with van der Waals surface area (Å²) >= 11 is 5.81. The Balaban J connectivity index is 2.17. The summed E-state index contributed by atoms with van der Waals surface area (Å²) in [6, 6.07) is 5.83. The van der Waals surface area contributed by atoms with Gasteiger partial charge in [0.05, 0.1) is 25.7 Å². The van der Waals surface area contributed by atoms with Gasteiger partial charge in [0.2, 0.25) is 10.0 Å². The number of nitrogens with one attached hydrogen (secondary N) is 1. The minimum atomic E-state index is -3.86. The number of hydrogen-bond donors (Lipinski definition) is 2. The lowest BCUT2D eigenvalue weighted by Crippen LogP contribution is -2.28. The van der Waals surface area contributed by atoms with Crippen molar-refractivity contribution in [2.45, 2.75) is 11.0 Å². The molecular weight excluding hydrogens is 318 g/mol. The van der Waals surface area contributed by atoms with Crippen molar-refractivity contribution >= 4 is 21.6 Å². The molecule has 0 fully saturated rings. The maximum Gasteiger partial charge on any atom is 0.244 e. The Bertz CT molecular complexity index is 699. The van der Waals surface area contributed by atoms with E-state index in [-0.39, 0.29) is 22.2 Å². The molecule has 2 rings (SSSR count). The number of ether oxygens (including phenoxy) is 1. The smallest absolute Gasteiger partial charge is 0.244 e. The molecule has 114 valence electrons. The van der Waals surface area contributed by atoms with E-state index >= 15 is 0 Å². The second kappa shape index (κ2) is 6.48. The fourth-order valence-corrected chi connectivity index (χ4v) is 3.18. The number of sulfonamides is 1. The van der Waals surface area contributed by atoms with Gasteiger partial charge in [0.25, 0.3) is 0 Å². The summed E-state index contributed by atoms with van der Waals surface area (Å²) in [5, 5.41) is 10.1. The zero-order valence-electron chi connectivity index (χ0n) is 11.1. The highest BCUT2D eigenvalue weighted by atomic mass is 35.5. The first-order valence-electron chi connectivity index (χ1n) is 5.97. The standard InChI is InChI=1S/C13H14ClNO5S/c1-19-12-3-2-10(14)6-13(12)21(17,18)15-7-11(16)9-4-5-20-8-9/h2-6,8,11,15-16H,7H2,1H3/t11-/m1/s1. The molecular formula is C13H14ClNO5S. The summed E-state index contributed by atoms with van der Waals surface area (Å²) in [5.74, 6) is 0.171. The van der Waals surface area contributed by atoms with E-state index in [0.29, 0.717) is 5.56 Å². The molecule has 0 aliphatic carbocycles. The average molecular weight is 332 g/mol. The zero-order valence-corrected chi connectivity index (χ0v) is 12.7. The first kappa shape index (κ1) is 15.8. The van der Waals surface area contributed by atoms with Gasteiger partial charge < -0.3 is 14.3 Å². The van der Waals surface area contributed by atoms with Crippen molar-refractivity contribution < 1.29 is 22.7 Å². The van der Waals surface area contributed by atoms with Gasteiger partial charge in [-0.1, -0.05) is 11.6 Å². The maximum absolute atomic E-state index is 12.3. The summed E-state index contributed by atoms with van der Waals surface area (Å²) in [6.45, 7) is -0.197. The van der Waals surface area contributed by atoms with E-state index in [4.69, 9.17) is 20.8 Å². The van der Waals surface area contributed by atoms with Gasteiger partial charge in [0, 0.05) is 17.1 Å². The first-order chi connectivity index (χ1) is 9.94. The highest BCUT2D eigenvalue weighted by Crippen LogP contribution is 2.27. The predicted octanol–water partition coefficient (Wildman–Crippen LogP) is 1.95. The van der Waals surface area contributed by atoms with Crippen molar-refractivity contribution in [3.8, 4) is 5.75 Å². The molecule has 0 spiro atoms. The summed E-state index contributed by atoms with van der Waals surface area (Å²) in [4.78, 5) is -0.0862. The van der Waals surface area contributed by atoms with Crippen LogP contribution in [0.3, 0.4) is 0 Å². The zero-order chi connectivity index (χ0) is 15.5. The molecule has 0 unspecified atom stereocenters. The van der Waals surface area contributed by atoms with Gasteiger partial charge in [0.1, 0.15) is 10.6 Å². The first-order valence-corrected chi connectivity index (χ1v) is 7.83. The topological polar surface area (TPSA) is 88.8 Å². The molecule has 0 bridgehead atoms. The quantitative estimate of drug-likeness (QED) is 0.844. The third-order valence-corrected chi connectivity index (χ3v) is 4.49. The van der Waals surface area contributed by atoms with Crippen LogP contribution in [0.4, 0.5) is 0 Å². The van der Waals surface area contributed by atoms with Crippen molar-refractivity contribution in [1.29, 1.82) is 0 Å². The van der Waals surface area contributed by atoms with Crippen LogP contribution in [0.15, 0.2) is 46.1 Å². The number of rotatable bonds is 6. The second-order valence-corrected chi connectivity index (χ2v) is 6.39. The molecule has 21 heavy (non-hydrogen) atoms. The Kier molecular flexibility index (Phi) is 4.89. The Morgan fingerprint density at radius 2 is 2.19 bits per heavy atom. The summed E-state index contributed by atoms with van der Waals surface area (Å²) in [5.41, 5.74) is 0.482. The lowest BCUT2D eigenvalue weighted by atomic mass is 10.2. The van der Waals surface area contributed by atoms with E-state index in [1.165, 1.54) is 37.8 Å². The number of aliphatic hydroxyl groups excluding tert-OH is 1. The van der Waals surface area contributed by atoms with Crippen LogP contribution >= 0.6 is 11.6 Å². The largest absolute Gasteiger partial charge is 0.495 e. The highest BCUT2D eigenvalue weighted by Gasteiger charge is 2.21. The molecule has 0 amide bonds. The third-order valence-electron chi connectivity index (χ3n) is 2.81. The lowest BCUT2D eigenvalue weighted by molar-refractivity contribution is 0.181. The van der Waals surface area contributed by atoms with Gasteiger partial charge >= 0.3 is 0 Å². The van der Waals surface area contributed by atoms with E-state index in [2.05, 4.69) is 4.72 Å². The monoisotopic (exact) mass is 331 g/mol. The predicted molar refractivity (Wildman–Crippen MR) is 76.9 cm³/mol. The molecule has 2 aromatic rings. The van der Waals surface area contributed by atoms with Gasteiger partial charge in [-0.2, -0.15) is 0 Å². The summed E-state index contributed by atoms with van der Waals surface area (Å²) in [6.07, 6.45) is 1.73. The Labute approximate surface area is 127 Å². The maximum atomic E-state index is 12.3. The number of hydrogen-bond acceptors (Lipinski definition) is 5. The number of methoxy groups -OCH3 is 1. The molecule has 0 aliphatic rings.